The minimum absolute atomic E-state index is 0.189. The number of rotatable bonds is 10. The van der Waals surface area contributed by atoms with E-state index in [1.165, 1.54) is 0 Å². The zero-order chi connectivity index (χ0) is 24.2. The Morgan fingerprint density at radius 2 is 0.970 bits per heavy atom. The first-order valence-corrected chi connectivity index (χ1v) is 13.2. The van der Waals surface area contributed by atoms with Gasteiger partial charge in [-0.2, -0.15) is 0 Å². The van der Waals surface area contributed by atoms with Gasteiger partial charge in [-0.3, -0.25) is 0 Å². The first-order valence-electron chi connectivity index (χ1n) is 13.2. The minimum atomic E-state index is -0.752. The van der Waals surface area contributed by atoms with Gasteiger partial charge in [0.2, 0.25) is 0 Å². The molecule has 0 radical (unpaired) electrons. The molecule has 0 amide bonds. The molecule has 3 saturated heterocycles. The molecule has 0 aromatic carbocycles. The topological polar surface area (TPSA) is 68.2 Å². The van der Waals surface area contributed by atoms with Gasteiger partial charge in [0, 0.05) is 0 Å². The first kappa shape index (κ1) is 26.9. The molecular weight excluding hydrogens is 416 g/mol. The van der Waals surface area contributed by atoms with E-state index >= 15 is 0 Å². The molecule has 2 N–H and O–H groups in total. The standard InChI is InChI=1S/C28H48O5/c1-19(9-7-17-27(3,4)29)21-11-13-23(31-21)25-15-16-26(33-25)24-14-12-22(32-24)20(2)10-8-18-28(5,6)30/h7-8,17-26,29-30H,9-16H2,1-6H3. The highest BCUT2D eigenvalue weighted by atomic mass is 16.6. The first-order chi connectivity index (χ1) is 15.4. The number of allylic oxidation sites excluding steroid dienone is 2. The number of aliphatic hydroxyl groups is 2. The minimum Gasteiger partial charge on any atom is -0.386 e. The van der Waals surface area contributed by atoms with Gasteiger partial charge in [-0.25, -0.2) is 0 Å². The van der Waals surface area contributed by atoms with E-state index in [-0.39, 0.29) is 36.6 Å². The smallest absolute Gasteiger partial charge is 0.0842 e. The van der Waals surface area contributed by atoms with E-state index in [2.05, 4.69) is 26.0 Å². The average molecular weight is 465 g/mol. The molecular formula is C28H48O5. The Morgan fingerprint density at radius 3 is 1.33 bits per heavy atom. The summed E-state index contributed by atoms with van der Waals surface area (Å²) in [6.45, 7) is 11.7. The van der Waals surface area contributed by atoms with Gasteiger partial charge in [0.1, 0.15) is 0 Å². The van der Waals surface area contributed by atoms with E-state index in [4.69, 9.17) is 14.2 Å². The second kappa shape index (κ2) is 11.3. The molecule has 0 aliphatic carbocycles. The molecule has 33 heavy (non-hydrogen) atoms. The van der Waals surface area contributed by atoms with Gasteiger partial charge in [-0.05, 0) is 90.9 Å². The molecule has 0 aromatic rings. The molecule has 8 unspecified atom stereocenters. The second-order valence-electron chi connectivity index (χ2n) is 11.9. The maximum atomic E-state index is 9.85. The Kier molecular flexibility index (Phi) is 9.24. The van der Waals surface area contributed by atoms with Crippen molar-refractivity contribution in [3.63, 3.8) is 0 Å². The second-order valence-corrected chi connectivity index (χ2v) is 11.9. The van der Waals surface area contributed by atoms with Crippen LogP contribution in [0.5, 0.6) is 0 Å². The molecule has 3 aliphatic rings. The molecule has 0 bridgehead atoms. The van der Waals surface area contributed by atoms with Crippen LogP contribution in [-0.2, 0) is 14.2 Å². The van der Waals surface area contributed by atoms with Crippen molar-refractivity contribution in [1.29, 1.82) is 0 Å². The van der Waals surface area contributed by atoms with Crippen molar-refractivity contribution in [3.8, 4) is 0 Å². The van der Waals surface area contributed by atoms with Crippen molar-refractivity contribution >= 4 is 0 Å². The van der Waals surface area contributed by atoms with Gasteiger partial charge in [0.25, 0.3) is 0 Å². The fourth-order valence-corrected chi connectivity index (χ4v) is 5.44. The van der Waals surface area contributed by atoms with Gasteiger partial charge >= 0.3 is 0 Å². The SMILES string of the molecule is CC(CC=CC(C)(C)O)C1CCC(C2CCC(C3CCC(C(C)CC=CC(C)(C)O)O3)O2)O1. The maximum Gasteiger partial charge on any atom is 0.0842 e. The highest BCUT2D eigenvalue weighted by Crippen LogP contribution is 2.38. The maximum absolute atomic E-state index is 9.85. The van der Waals surface area contributed by atoms with Gasteiger partial charge < -0.3 is 24.4 Å². The number of hydrogen-bond donors (Lipinski definition) is 2. The molecule has 5 nitrogen and oxygen atoms in total. The predicted molar refractivity (Wildman–Crippen MR) is 132 cm³/mol. The zero-order valence-corrected chi connectivity index (χ0v) is 21.7. The summed E-state index contributed by atoms with van der Waals surface area (Å²) in [5.41, 5.74) is -1.50. The molecule has 3 fully saturated rings. The van der Waals surface area contributed by atoms with E-state index in [1.807, 2.05) is 12.2 Å². The predicted octanol–water partition coefficient (Wildman–Crippen LogP) is 5.34. The van der Waals surface area contributed by atoms with Crippen LogP contribution in [-0.4, -0.2) is 58.0 Å². The fourth-order valence-electron chi connectivity index (χ4n) is 5.44. The Balaban J connectivity index is 1.40. The summed E-state index contributed by atoms with van der Waals surface area (Å²) in [6, 6.07) is 0. The van der Waals surface area contributed by atoms with Crippen LogP contribution in [0.3, 0.4) is 0 Å². The van der Waals surface area contributed by atoms with Crippen molar-refractivity contribution in [2.45, 2.75) is 141 Å². The zero-order valence-electron chi connectivity index (χ0n) is 21.7. The van der Waals surface area contributed by atoms with E-state index in [0.29, 0.717) is 11.8 Å². The van der Waals surface area contributed by atoms with Crippen molar-refractivity contribution < 1.29 is 24.4 Å². The number of ether oxygens (including phenoxy) is 3. The van der Waals surface area contributed by atoms with Gasteiger partial charge in [-0.1, -0.05) is 38.2 Å². The highest BCUT2D eigenvalue weighted by Gasteiger charge is 2.43. The summed E-state index contributed by atoms with van der Waals surface area (Å²) in [7, 11) is 0. The van der Waals surface area contributed by atoms with Crippen LogP contribution in [0, 0.1) is 11.8 Å². The summed E-state index contributed by atoms with van der Waals surface area (Å²) in [4.78, 5) is 0. The normalized spacial score (nSPS) is 35.8. The molecule has 3 heterocycles. The Bertz CT molecular complexity index is 602. The lowest BCUT2D eigenvalue weighted by atomic mass is 9.96. The van der Waals surface area contributed by atoms with Crippen LogP contribution >= 0.6 is 0 Å². The third-order valence-electron chi connectivity index (χ3n) is 7.42. The third kappa shape index (κ3) is 8.47. The Labute approximate surface area is 201 Å². The molecule has 190 valence electrons. The Morgan fingerprint density at radius 1 is 0.636 bits per heavy atom. The molecule has 3 rings (SSSR count). The molecule has 0 spiro atoms. The summed E-state index contributed by atoms with van der Waals surface area (Å²) in [5.74, 6) is 0.883. The molecule has 8 atom stereocenters. The molecule has 3 aliphatic heterocycles. The van der Waals surface area contributed by atoms with E-state index in [0.717, 1.165) is 51.4 Å². The summed E-state index contributed by atoms with van der Waals surface area (Å²) in [6.07, 6.45) is 17.5. The van der Waals surface area contributed by atoms with Gasteiger partial charge in [-0.15, -0.1) is 0 Å². The fraction of sp³-hybridized carbons (Fsp3) is 0.857. The van der Waals surface area contributed by atoms with Gasteiger partial charge in [0.05, 0.1) is 47.8 Å². The molecule has 0 saturated carbocycles. The van der Waals surface area contributed by atoms with Crippen LogP contribution in [0.25, 0.3) is 0 Å². The monoisotopic (exact) mass is 464 g/mol. The summed E-state index contributed by atoms with van der Waals surface area (Å²) >= 11 is 0. The van der Waals surface area contributed by atoms with Crippen LogP contribution in [0.1, 0.15) is 92.9 Å². The van der Waals surface area contributed by atoms with Crippen LogP contribution < -0.4 is 0 Å². The van der Waals surface area contributed by atoms with Crippen LogP contribution in [0.4, 0.5) is 0 Å². The Hall–Kier alpha value is -0.720. The quantitative estimate of drug-likeness (QED) is 0.427. The van der Waals surface area contributed by atoms with Crippen molar-refractivity contribution in [2.24, 2.45) is 11.8 Å². The summed E-state index contributed by atoms with van der Waals surface area (Å²) in [5, 5.41) is 19.7. The van der Waals surface area contributed by atoms with E-state index in [1.54, 1.807) is 27.7 Å². The van der Waals surface area contributed by atoms with Crippen LogP contribution in [0.15, 0.2) is 24.3 Å². The van der Waals surface area contributed by atoms with Crippen molar-refractivity contribution in [3.05, 3.63) is 24.3 Å². The molecule has 5 heteroatoms. The lowest BCUT2D eigenvalue weighted by Crippen LogP contribution is -2.32. The largest absolute Gasteiger partial charge is 0.386 e. The third-order valence-corrected chi connectivity index (χ3v) is 7.42. The van der Waals surface area contributed by atoms with E-state index < -0.39 is 11.2 Å². The lowest BCUT2D eigenvalue weighted by molar-refractivity contribution is -0.112. The van der Waals surface area contributed by atoms with E-state index in [9.17, 15) is 10.2 Å². The van der Waals surface area contributed by atoms with Gasteiger partial charge in [0.15, 0.2) is 0 Å². The molecule has 0 aromatic heterocycles. The van der Waals surface area contributed by atoms with Crippen LogP contribution in [0.2, 0.25) is 0 Å². The summed E-state index contributed by atoms with van der Waals surface area (Å²) < 4.78 is 19.4. The number of hydrogen-bond acceptors (Lipinski definition) is 5. The highest BCUT2D eigenvalue weighted by molar-refractivity contribution is 4.98. The average Bonchev–Trinajstić information content (AvgIpc) is 3.44. The lowest BCUT2D eigenvalue weighted by Gasteiger charge is -2.25. The van der Waals surface area contributed by atoms with Crippen molar-refractivity contribution in [2.75, 3.05) is 0 Å². The van der Waals surface area contributed by atoms with Crippen molar-refractivity contribution in [1.82, 2.24) is 0 Å².